The van der Waals surface area contributed by atoms with Crippen molar-refractivity contribution in [2.75, 3.05) is 5.32 Å². The van der Waals surface area contributed by atoms with Crippen LogP contribution in [0.1, 0.15) is 16.7 Å². The number of oxazole rings is 1. The molecule has 0 bridgehead atoms. The third-order valence-corrected chi connectivity index (χ3v) is 6.53. The highest BCUT2D eigenvalue weighted by molar-refractivity contribution is 7.91. The fourth-order valence-electron chi connectivity index (χ4n) is 3.13. The lowest BCUT2D eigenvalue weighted by Crippen LogP contribution is -2.07. The lowest BCUT2D eigenvalue weighted by Gasteiger charge is -2.06. The SMILES string of the molecule is Cc1ccc(CNc2oc(-c3ccccc3C)nc2S(=O)(=O)c2ccccc2)cc1. The highest BCUT2D eigenvalue weighted by atomic mass is 32.2. The predicted molar refractivity (Wildman–Crippen MR) is 117 cm³/mol. The van der Waals surface area contributed by atoms with Gasteiger partial charge >= 0.3 is 0 Å². The minimum Gasteiger partial charge on any atom is -0.419 e. The molecule has 0 saturated carbocycles. The first-order valence-electron chi connectivity index (χ1n) is 9.61. The molecule has 1 aromatic heterocycles. The molecule has 0 unspecified atom stereocenters. The third-order valence-electron chi connectivity index (χ3n) is 4.85. The number of aryl methyl sites for hydroxylation is 2. The lowest BCUT2D eigenvalue weighted by atomic mass is 10.1. The summed E-state index contributed by atoms with van der Waals surface area (Å²) in [6.07, 6.45) is 0. The van der Waals surface area contributed by atoms with E-state index in [2.05, 4.69) is 10.3 Å². The molecule has 152 valence electrons. The molecule has 0 aliphatic heterocycles. The molecule has 4 aromatic rings. The molecular weight excluding hydrogens is 396 g/mol. The zero-order valence-electron chi connectivity index (χ0n) is 16.8. The molecule has 5 nitrogen and oxygen atoms in total. The van der Waals surface area contributed by atoms with E-state index in [0.717, 1.165) is 22.3 Å². The third kappa shape index (κ3) is 4.00. The van der Waals surface area contributed by atoms with E-state index < -0.39 is 9.84 Å². The largest absolute Gasteiger partial charge is 0.419 e. The Labute approximate surface area is 176 Å². The van der Waals surface area contributed by atoms with Crippen molar-refractivity contribution in [3.63, 3.8) is 0 Å². The minimum atomic E-state index is -3.85. The summed E-state index contributed by atoms with van der Waals surface area (Å²) >= 11 is 0. The van der Waals surface area contributed by atoms with E-state index in [1.165, 1.54) is 0 Å². The molecule has 0 aliphatic rings. The van der Waals surface area contributed by atoms with E-state index in [4.69, 9.17) is 4.42 Å². The van der Waals surface area contributed by atoms with Crippen LogP contribution in [0.4, 0.5) is 5.88 Å². The number of hydrogen-bond donors (Lipinski definition) is 1. The van der Waals surface area contributed by atoms with Gasteiger partial charge in [-0.3, -0.25) is 0 Å². The molecule has 1 N–H and O–H groups in total. The molecule has 0 atom stereocenters. The van der Waals surface area contributed by atoms with E-state index in [1.54, 1.807) is 30.3 Å². The number of hydrogen-bond acceptors (Lipinski definition) is 5. The van der Waals surface area contributed by atoms with Gasteiger partial charge in [-0.1, -0.05) is 66.2 Å². The van der Waals surface area contributed by atoms with Gasteiger partial charge < -0.3 is 9.73 Å². The zero-order chi connectivity index (χ0) is 21.1. The first kappa shape index (κ1) is 19.9. The molecule has 0 fully saturated rings. The van der Waals surface area contributed by atoms with Crippen LogP contribution in [0.5, 0.6) is 0 Å². The normalized spacial score (nSPS) is 11.4. The molecule has 0 aliphatic carbocycles. The van der Waals surface area contributed by atoms with Crippen molar-refractivity contribution >= 4 is 15.7 Å². The summed E-state index contributed by atoms with van der Waals surface area (Å²) in [5.41, 5.74) is 3.88. The van der Waals surface area contributed by atoms with Crippen molar-refractivity contribution in [2.45, 2.75) is 30.3 Å². The van der Waals surface area contributed by atoms with Gasteiger partial charge in [0, 0.05) is 12.1 Å². The number of rotatable bonds is 6. The molecule has 30 heavy (non-hydrogen) atoms. The summed E-state index contributed by atoms with van der Waals surface area (Å²) in [5.74, 6) is 0.409. The molecule has 1 heterocycles. The fraction of sp³-hybridized carbons (Fsp3) is 0.125. The van der Waals surface area contributed by atoms with Gasteiger partial charge in [-0.05, 0) is 43.2 Å². The first-order chi connectivity index (χ1) is 14.4. The van der Waals surface area contributed by atoms with Crippen LogP contribution in [0, 0.1) is 13.8 Å². The number of anilines is 1. The van der Waals surface area contributed by atoms with Gasteiger partial charge in [0.15, 0.2) is 0 Å². The van der Waals surface area contributed by atoms with E-state index in [0.29, 0.717) is 6.54 Å². The van der Waals surface area contributed by atoms with Gasteiger partial charge in [-0.15, -0.1) is 0 Å². The highest BCUT2D eigenvalue weighted by Crippen LogP contribution is 2.33. The summed E-state index contributed by atoms with van der Waals surface area (Å²) in [4.78, 5) is 4.57. The van der Waals surface area contributed by atoms with Crippen molar-refractivity contribution in [3.8, 4) is 11.5 Å². The van der Waals surface area contributed by atoms with Crippen LogP contribution in [-0.2, 0) is 16.4 Å². The summed E-state index contributed by atoms with van der Waals surface area (Å²) in [6, 6.07) is 23.9. The second-order valence-electron chi connectivity index (χ2n) is 7.12. The smallest absolute Gasteiger partial charge is 0.234 e. The molecule has 0 spiro atoms. The maximum Gasteiger partial charge on any atom is 0.234 e. The highest BCUT2D eigenvalue weighted by Gasteiger charge is 2.28. The lowest BCUT2D eigenvalue weighted by molar-refractivity contribution is 0.576. The van der Waals surface area contributed by atoms with Crippen LogP contribution in [0.15, 0.2) is 93.2 Å². The second-order valence-corrected chi connectivity index (χ2v) is 8.99. The molecule has 0 radical (unpaired) electrons. The van der Waals surface area contributed by atoms with Crippen molar-refractivity contribution < 1.29 is 12.8 Å². The fourth-order valence-corrected chi connectivity index (χ4v) is 4.43. The summed E-state index contributed by atoms with van der Waals surface area (Å²) < 4.78 is 32.5. The summed E-state index contributed by atoms with van der Waals surface area (Å²) in [7, 11) is -3.85. The first-order valence-corrected chi connectivity index (χ1v) is 11.1. The van der Waals surface area contributed by atoms with Crippen molar-refractivity contribution in [1.29, 1.82) is 0 Å². The Morgan fingerprint density at radius 3 is 2.23 bits per heavy atom. The molecular formula is C24H22N2O3S. The predicted octanol–water partition coefficient (Wildman–Crippen LogP) is 5.40. The molecule has 3 aromatic carbocycles. The van der Waals surface area contributed by atoms with E-state index >= 15 is 0 Å². The van der Waals surface area contributed by atoms with Gasteiger partial charge in [-0.25, -0.2) is 8.42 Å². The second kappa shape index (κ2) is 8.16. The Bertz CT molecular complexity index is 1260. The van der Waals surface area contributed by atoms with Crippen LogP contribution in [0.25, 0.3) is 11.5 Å². The van der Waals surface area contributed by atoms with Gasteiger partial charge in [0.05, 0.1) is 4.90 Å². The van der Waals surface area contributed by atoms with Crippen LogP contribution >= 0.6 is 0 Å². The Hall–Kier alpha value is -3.38. The monoisotopic (exact) mass is 418 g/mol. The Morgan fingerprint density at radius 1 is 0.867 bits per heavy atom. The van der Waals surface area contributed by atoms with E-state index in [1.807, 2.05) is 62.4 Å². The maximum absolute atomic E-state index is 13.3. The zero-order valence-corrected chi connectivity index (χ0v) is 17.6. The van der Waals surface area contributed by atoms with Crippen LogP contribution < -0.4 is 5.32 Å². The van der Waals surface area contributed by atoms with Crippen molar-refractivity contribution in [2.24, 2.45) is 0 Å². The Morgan fingerprint density at radius 2 is 1.53 bits per heavy atom. The minimum absolute atomic E-state index is 0.112. The van der Waals surface area contributed by atoms with E-state index in [9.17, 15) is 8.42 Å². The van der Waals surface area contributed by atoms with Gasteiger partial charge in [-0.2, -0.15) is 4.98 Å². The standard InChI is InChI=1S/C24H22N2O3S/c1-17-12-14-19(15-13-17)16-25-23-24(30(27,28)20-9-4-3-5-10-20)26-22(29-23)21-11-7-6-8-18(21)2/h3-15,25H,16H2,1-2H3. The Balaban J connectivity index is 1.77. The van der Waals surface area contributed by atoms with Gasteiger partial charge in [0.1, 0.15) is 0 Å². The quantitative estimate of drug-likeness (QED) is 0.454. The summed E-state index contributed by atoms with van der Waals surface area (Å²) in [5, 5.41) is 3.01. The van der Waals surface area contributed by atoms with Crippen LogP contribution in [0.2, 0.25) is 0 Å². The summed E-state index contributed by atoms with van der Waals surface area (Å²) in [6.45, 7) is 4.37. The number of nitrogens with one attached hydrogen (secondary N) is 1. The Kier molecular flexibility index (Phi) is 5.42. The number of aromatic nitrogens is 1. The molecule has 0 saturated heterocycles. The van der Waals surface area contributed by atoms with Gasteiger partial charge in [0.25, 0.3) is 0 Å². The van der Waals surface area contributed by atoms with Crippen molar-refractivity contribution in [3.05, 3.63) is 95.6 Å². The average molecular weight is 419 g/mol. The molecule has 4 rings (SSSR count). The number of nitrogens with zero attached hydrogens (tertiary/aromatic N) is 1. The number of benzene rings is 3. The maximum atomic E-state index is 13.3. The number of sulfone groups is 1. The molecule has 6 heteroatoms. The van der Waals surface area contributed by atoms with Crippen LogP contribution in [-0.4, -0.2) is 13.4 Å². The molecule has 0 amide bonds. The van der Waals surface area contributed by atoms with E-state index in [-0.39, 0.29) is 21.7 Å². The van der Waals surface area contributed by atoms with Gasteiger partial charge in [0.2, 0.25) is 26.6 Å². The average Bonchev–Trinajstić information content (AvgIpc) is 3.19. The van der Waals surface area contributed by atoms with Crippen molar-refractivity contribution in [1.82, 2.24) is 4.98 Å². The van der Waals surface area contributed by atoms with Crippen LogP contribution in [0.3, 0.4) is 0 Å². The topological polar surface area (TPSA) is 72.2 Å².